The van der Waals surface area contributed by atoms with Gasteiger partial charge >= 0.3 is 5.97 Å². The molecule has 2 aliphatic rings. The number of aliphatic hydroxyl groups is 1. The SMILES string of the molecule is COc1ccc2ncc(F)c(C(O)CCC3CCN(CCSC4CC4)CC3CC(=O)O)c2c1. The fourth-order valence-electron chi connectivity index (χ4n) is 4.93. The molecule has 0 bridgehead atoms. The molecule has 0 spiro atoms. The number of halogens is 1. The Labute approximate surface area is 198 Å². The summed E-state index contributed by atoms with van der Waals surface area (Å²) in [6, 6.07) is 5.22. The quantitative estimate of drug-likeness (QED) is 0.494. The lowest BCUT2D eigenvalue weighted by Crippen LogP contribution is -2.42. The van der Waals surface area contributed by atoms with Gasteiger partial charge in [0.1, 0.15) is 11.6 Å². The van der Waals surface area contributed by atoms with Gasteiger partial charge in [0.2, 0.25) is 0 Å². The second-order valence-corrected chi connectivity index (χ2v) is 10.7. The molecule has 6 nitrogen and oxygen atoms in total. The molecule has 2 N–H and O–H groups in total. The Morgan fingerprint density at radius 2 is 2.15 bits per heavy atom. The van der Waals surface area contributed by atoms with Crippen molar-refractivity contribution in [1.29, 1.82) is 0 Å². The van der Waals surface area contributed by atoms with E-state index in [0.29, 0.717) is 29.5 Å². The van der Waals surface area contributed by atoms with Crippen molar-refractivity contribution in [3.8, 4) is 5.75 Å². The third kappa shape index (κ3) is 6.37. The van der Waals surface area contributed by atoms with E-state index >= 15 is 0 Å². The summed E-state index contributed by atoms with van der Waals surface area (Å²) in [6.07, 6.45) is 4.92. The van der Waals surface area contributed by atoms with Gasteiger partial charge in [0, 0.05) is 41.5 Å². The summed E-state index contributed by atoms with van der Waals surface area (Å²) in [5, 5.41) is 21.8. The van der Waals surface area contributed by atoms with Crippen LogP contribution in [0.2, 0.25) is 0 Å². The summed E-state index contributed by atoms with van der Waals surface area (Å²) in [5.74, 6) is 0.622. The van der Waals surface area contributed by atoms with Gasteiger partial charge in [-0.05, 0) is 68.7 Å². The maximum absolute atomic E-state index is 14.7. The largest absolute Gasteiger partial charge is 0.497 e. The zero-order valence-corrected chi connectivity index (χ0v) is 19.9. The molecule has 1 saturated carbocycles. The molecule has 2 fully saturated rings. The number of thioether (sulfide) groups is 1. The number of methoxy groups -OCH3 is 1. The summed E-state index contributed by atoms with van der Waals surface area (Å²) in [7, 11) is 1.55. The van der Waals surface area contributed by atoms with E-state index in [9.17, 15) is 19.4 Å². The van der Waals surface area contributed by atoms with Crippen LogP contribution in [0.15, 0.2) is 24.4 Å². The number of fused-ring (bicyclic) bond motifs is 1. The minimum absolute atomic E-state index is 0.0495. The van der Waals surface area contributed by atoms with Crippen LogP contribution in [0.1, 0.15) is 50.2 Å². The van der Waals surface area contributed by atoms with Crippen molar-refractivity contribution in [2.24, 2.45) is 11.8 Å². The highest BCUT2D eigenvalue weighted by molar-refractivity contribution is 8.00. The van der Waals surface area contributed by atoms with Crippen molar-refractivity contribution in [2.45, 2.75) is 49.9 Å². The van der Waals surface area contributed by atoms with Crippen molar-refractivity contribution in [3.05, 3.63) is 35.8 Å². The summed E-state index contributed by atoms with van der Waals surface area (Å²) in [6.45, 7) is 2.73. The van der Waals surface area contributed by atoms with Gasteiger partial charge in [-0.2, -0.15) is 11.8 Å². The number of carboxylic acid groups (broad SMARTS) is 1. The molecule has 1 aromatic heterocycles. The third-order valence-corrected chi connectivity index (χ3v) is 8.27. The second-order valence-electron chi connectivity index (χ2n) is 9.27. The molecule has 4 rings (SSSR count). The summed E-state index contributed by atoms with van der Waals surface area (Å²) in [5.41, 5.74) is 0.843. The number of rotatable bonds is 11. The Bertz CT molecular complexity index is 971. The van der Waals surface area contributed by atoms with Gasteiger partial charge in [0.15, 0.2) is 0 Å². The normalized spacial score (nSPS) is 22.4. The summed E-state index contributed by atoms with van der Waals surface area (Å²) < 4.78 is 20.0. The number of nitrogens with zero attached hydrogens (tertiary/aromatic N) is 2. The number of ether oxygens (including phenoxy) is 1. The maximum atomic E-state index is 14.7. The molecule has 2 aromatic rings. The molecule has 1 saturated heterocycles. The van der Waals surface area contributed by atoms with Crippen LogP contribution in [0.3, 0.4) is 0 Å². The first-order valence-corrected chi connectivity index (χ1v) is 12.9. The molecule has 1 aromatic carbocycles. The van der Waals surface area contributed by atoms with Crippen LogP contribution >= 0.6 is 11.8 Å². The van der Waals surface area contributed by atoms with Crippen LogP contribution in [0.25, 0.3) is 10.9 Å². The van der Waals surface area contributed by atoms with Crippen molar-refractivity contribution in [1.82, 2.24) is 9.88 Å². The lowest BCUT2D eigenvalue weighted by molar-refractivity contribution is -0.139. The molecular weight excluding hydrogens is 443 g/mol. The minimum atomic E-state index is -0.985. The van der Waals surface area contributed by atoms with E-state index in [1.54, 1.807) is 25.3 Å². The minimum Gasteiger partial charge on any atom is -0.497 e. The van der Waals surface area contributed by atoms with Crippen molar-refractivity contribution in [2.75, 3.05) is 32.5 Å². The summed E-state index contributed by atoms with van der Waals surface area (Å²) in [4.78, 5) is 18.0. The number of carbonyl (C=O) groups is 1. The van der Waals surface area contributed by atoms with Crippen molar-refractivity contribution >= 4 is 28.6 Å². The Hall–Kier alpha value is -1.90. The van der Waals surface area contributed by atoms with Gasteiger partial charge in [-0.25, -0.2) is 4.39 Å². The topological polar surface area (TPSA) is 82.9 Å². The average molecular weight is 477 g/mol. The first-order valence-electron chi connectivity index (χ1n) is 11.8. The fraction of sp³-hybridized carbons (Fsp3) is 0.600. The van der Waals surface area contributed by atoms with Crippen LogP contribution in [0.5, 0.6) is 5.75 Å². The van der Waals surface area contributed by atoms with E-state index in [2.05, 4.69) is 9.88 Å². The molecule has 0 amide bonds. The van der Waals surface area contributed by atoms with E-state index < -0.39 is 17.9 Å². The van der Waals surface area contributed by atoms with E-state index in [0.717, 1.165) is 43.3 Å². The van der Waals surface area contributed by atoms with Crippen molar-refractivity contribution in [3.63, 3.8) is 0 Å². The van der Waals surface area contributed by atoms with Crippen LogP contribution < -0.4 is 4.74 Å². The Kier molecular flexibility index (Phi) is 8.09. The van der Waals surface area contributed by atoms with E-state index in [-0.39, 0.29) is 23.8 Å². The third-order valence-electron chi connectivity index (χ3n) is 6.91. The number of hydrogen-bond donors (Lipinski definition) is 2. The highest BCUT2D eigenvalue weighted by Crippen LogP contribution is 2.37. The number of aliphatic carboxylic acids is 1. The Morgan fingerprint density at radius 3 is 2.88 bits per heavy atom. The van der Waals surface area contributed by atoms with Crippen LogP contribution in [-0.4, -0.2) is 63.8 Å². The number of piperidine rings is 1. The zero-order chi connectivity index (χ0) is 23.4. The predicted molar refractivity (Wildman–Crippen MR) is 128 cm³/mol. The number of aromatic nitrogens is 1. The van der Waals surface area contributed by atoms with Crippen LogP contribution in [-0.2, 0) is 4.79 Å². The molecule has 3 unspecified atom stereocenters. The van der Waals surface area contributed by atoms with Gasteiger partial charge in [0.25, 0.3) is 0 Å². The predicted octanol–water partition coefficient (Wildman–Crippen LogP) is 4.50. The summed E-state index contributed by atoms with van der Waals surface area (Å²) >= 11 is 2.03. The number of hydrogen-bond acceptors (Lipinski definition) is 6. The highest BCUT2D eigenvalue weighted by Gasteiger charge is 2.32. The highest BCUT2D eigenvalue weighted by atomic mass is 32.2. The van der Waals surface area contributed by atoms with E-state index in [1.807, 2.05) is 11.8 Å². The van der Waals surface area contributed by atoms with Gasteiger partial charge in [0.05, 0.1) is 24.9 Å². The molecule has 3 atom stereocenters. The fourth-order valence-corrected chi connectivity index (χ4v) is 6.09. The average Bonchev–Trinajstić information content (AvgIpc) is 3.62. The lowest BCUT2D eigenvalue weighted by Gasteiger charge is -2.38. The van der Waals surface area contributed by atoms with Crippen LogP contribution in [0, 0.1) is 17.7 Å². The zero-order valence-electron chi connectivity index (χ0n) is 19.1. The number of likely N-dealkylation sites (tertiary alicyclic amines) is 1. The molecular formula is C25H33FN2O4S. The van der Waals surface area contributed by atoms with E-state index in [1.165, 1.54) is 12.8 Å². The number of carboxylic acids is 1. The first-order chi connectivity index (χ1) is 15.9. The Balaban J connectivity index is 1.40. The molecule has 33 heavy (non-hydrogen) atoms. The van der Waals surface area contributed by atoms with E-state index in [4.69, 9.17) is 4.74 Å². The number of benzene rings is 1. The molecule has 8 heteroatoms. The maximum Gasteiger partial charge on any atom is 0.303 e. The van der Waals surface area contributed by atoms with Crippen LogP contribution in [0.4, 0.5) is 4.39 Å². The van der Waals surface area contributed by atoms with Crippen molar-refractivity contribution < 1.29 is 24.1 Å². The smallest absolute Gasteiger partial charge is 0.303 e. The number of aliphatic hydroxyl groups excluding tert-OH is 1. The monoisotopic (exact) mass is 476 g/mol. The number of pyridine rings is 1. The van der Waals surface area contributed by atoms with Gasteiger partial charge in [-0.15, -0.1) is 0 Å². The van der Waals surface area contributed by atoms with Gasteiger partial charge in [-0.1, -0.05) is 0 Å². The molecule has 180 valence electrons. The van der Waals surface area contributed by atoms with Gasteiger partial charge < -0.3 is 19.8 Å². The van der Waals surface area contributed by atoms with Gasteiger partial charge in [-0.3, -0.25) is 9.78 Å². The first kappa shape index (κ1) is 24.2. The molecule has 2 heterocycles. The second kappa shape index (κ2) is 11.0. The molecule has 0 radical (unpaired) electrons. The molecule has 1 aliphatic carbocycles. The lowest BCUT2D eigenvalue weighted by atomic mass is 9.79. The Morgan fingerprint density at radius 1 is 1.33 bits per heavy atom. The molecule has 1 aliphatic heterocycles. The standard InChI is InChI=1S/C25H33FN2O4S/c1-32-18-3-6-22-20(13-18)25(21(26)14-27-22)23(29)7-2-16-8-9-28(10-11-33-19-4-5-19)15-17(16)12-24(30)31/h3,6,13-14,16-17,19,23,29H,2,4-5,7-12,15H2,1H3,(H,30,31).